The van der Waals surface area contributed by atoms with Crippen LogP contribution in [-0.4, -0.2) is 42.0 Å². The first-order chi connectivity index (χ1) is 13.8. The van der Waals surface area contributed by atoms with Crippen LogP contribution >= 0.6 is 0 Å². The molecule has 0 aliphatic carbocycles. The van der Waals surface area contributed by atoms with Gasteiger partial charge in [-0.3, -0.25) is 10.0 Å². The quantitative estimate of drug-likeness (QED) is 0.400. The number of nitrogens with one attached hydrogen (secondary N) is 1. The molecule has 1 saturated heterocycles. The van der Waals surface area contributed by atoms with Crippen LogP contribution in [0.2, 0.25) is 0 Å². The molecule has 3 N–H and O–H groups in total. The maximum Gasteiger partial charge on any atom is 0.573 e. The molecule has 1 amide bonds. The van der Waals surface area contributed by atoms with Gasteiger partial charge in [-0.05, 0) is 42.0 Å². The zero-order chi connectivity index (χ0) is 21.0. The average Bonchev–Trinajstić information content (AvgIpc) is 3.07. The zero-order valence-corrected chi connectivity index (χ0v) is 15.0. The lowest BCUT2D eigenvalue weighted by molar-refractivity contribution is -0.274. The largest absolute Gasteiger partial charge is 0.573 e. The number of hydrogen-bond donors (Lipinski definition) is 3. The molecule has 7 nitrogen and oxygen atoms in total. The Balaban J connectivity index is 1.78. The minimum absolute atomic E-state index is 0.343. The van der Waals surface area contributed by atoms with Crippen LogP contribution in [0.5, 0.6) is 5.75 Å². The van der Waals surface area contributed by atoms with Gasteiger partial charge in [-0.2, -0.15) is 0 Å². The van der Waals surface area contributed by atoms with Crippen molar-refractivity contribution < 1.29 is 33.0 Å². The number of ether oxygens (including phenoxy) is 1. The van der Waals surface area contributed by atoms with Gasteiger partial charge in [-0.25, -0.2) is 5.48 Å². The standard InChI is InChI=1S/C19H18F3N3O4/c20-19(21,22)29-15-8-6-14(7-9-15)24-11-12-25(18(24)27)16-4-2-1-3-13(16)5-10-17(26)23-28/h1-10,18,27-28H,11-12H2,(H,23,26)/b10-5+. The Morgan fingerprint density at radius 1 is 1.10 bits per heavy atom. The topological polar surface area (TPSA) is 85.3 Å². The number of alkyl halides is 3. The molecule has 29 heavy (non-hydrogen) atoms. The molecule has 10 heteroatoms. The van der Waals surface area contributed by atoms with Gasteiger partial charge in [-0.1, -0.05) is 18.2 Å². The van der Waals surface area contributed by atoms with Crippen molar-refractivity contribution in [2.75, 3.05) is 22.9 Å². The van der Waals surface area contributed by atoms with Gasteiger partial charge in [-0.15, -0.1) is 13.2 Å². The molecule has 1 heterocycles. The molecule has 154 valence electrons. The van der Waals surface area contributed by atoms with Crippen molar-refractivity contribution in [2.24, 2.45) is 0 Å². The predicted molar refractivity (Wildman–Crippen MR) is 99.2 cm³/mol. The van der Waals surface area contributed by atoms with E-state index in [9.17, 15) is 23.1 Å². The van der Waals surface area contributed by atoms with Crippen molar-refractivity contribution in [2.45, 2.75) is 12.7 Å². The van der Waals surface area contributed by atoms with Crippen LogP contribution in [0.25, 0.3) is 6.08 Å². The summed E-state index contributed by atoms with van der Waals surface area (Å²) in [7, 11) is 0. The van der Waals surface area contributed by atoms with Crippen LogP contribution in [0.3, 0.4) is 0 Å². The predicted octanol–water partition coefficient (Wildman–Crippen LogP) is 2.71. The van der Waals surface area contributed by atoms with Crippen molar-refractivity contribution in [3.05, 3.63) is 60.2 Å². The summed E-state index contributed by atoms with van der Waals surface area (Å²) in [5, 5.41) is 19.4. The van der Waals surface area contributed by atoms with Crippen LogP contribution in [0, 0.1) is 0 Å². The van der Waals surface area contributed by atoms with E-state index in [0.29, 0.717) is 30.0 Å². The number of amides is 1. The molecule has 1 aliphatic heterocycles. The zero-order valence-electron chi connectivity index (χ0n) is 15.0. The first kappa shape index (κ1) is 20.5. The SMILES string of the molecule is O=C(/C=C/c1ccccc1N1CCN(c2ccc(OC(F)(F)F)cc2)C1O)NO. The van der Waals surface area contributed by atoms with E-state index in [4.69, 9.17) is 5.21 Å². The molecule has 0 saturated carbocycles. The number of para-hydroxylation sites is 1. The Labute approximate surface area is 164 Å². The number of carbonyl (C=O) groups is 1. The number of rotatable bonds is 5. The third-order valence-electron chi connectivity index (χ3n) is 4.31. The molecular weight excluding hydrogens is 391 g/mol. The van der Waals surface area contributed by atoms with E-state index in [-0.39, 0.29) is 5.75 Å². The molecule has 1 aliphatic rings. The first-order valence-corrected chi connectivity index (χ1v) is 8.57. The summed E-state index contributed by atoms with van der Waals surface area (Å²) in [6.07, 6.45) is -3.18. The molecule has 0 radical (unpaired) electrons. The summed E-state index contributed by atoms with van der Waals surface area (Å²) in [5.41, 5.74) is 3.33. The molecule has 1 fully saturated rings. The second-order valence-electron chi connectivity index (χ2n) is 6.14. The van der Waals surface area contributed by atoms with E-state index >= 15 is 0 Å². The third kappa shape index (κ3) is 4.98. The fraction of sp³-hybridized carbons (Fsp3) is 0.211. The number of halogens is 3. The van der Waals surface area contributed by atoms with Gasteiger partial charge in [0.25, 0.3) is 5.91 Å². The maximum absolute atomic E-state index is 12.3. The fourth-order valence-corrected chi connectivity index (χ4v) is 3.05. The molecule has 0 aromatic heterocycles. The van der Waals surface area contributed by atoms with Crippen LogP contribution in [0.4, 0.5) is 24.5 Å². The van der Waals surface area contributed by atoms with Gasteiger partial charge in [0.2, 0.25) is 6.35 Å². The summed E-state index contributed by atoms with van der Waals surface area (Å²) < 4.78 is 40.7. The summed E-state index contributed by atoms with van der Waals surface area (Å²) in [4.78, 5) is 14.5. The van der Waals surface area contributed by atoms with Gasteiger partial charge in [0.15, 0.2) is 0 Å². The van der Waals surface area contributed by atoms with Crippen LogP contribution < -0.4 is 20.0 Å². The number of anilines is 2. The number of hydroxylamine groups is 1. The molecule has 2 aromatic rings. The highest BCUT2D eigenvalue weighted by Crippen LogP contribution is 2.31. The minimum atomic E-state index is -4.77. The Kier molecular flexibility index (Phi) is 5.95. The molecule has 0 spiro atoms. The lowest BCUT2D eigenvalue weighted by atomic mass is 10.1. The number of aliphatic hydroxyl groups excluding tert-OH is 1. The van der Waals surface area contributed by atoms with Crippen molar-refractivity contribution in [3.8, 4) is 5.75 Å². The summed E-state index contributed by atoms with van der Waals surface area (Å²) in [5.74, 6) is -1.03. The Bertz CT molecular complexity index is 887. The summed E-state index contributed by atoms with van der Waals surface area (Å²) >= 11 is 0. The number of aliphatic hydroxyl groups is 1. The van der Waals surface area contributed by atoms with E-state index in [0.717, 1.165) is 6.08 Å². The number of carbonyl (C=O) groups excluding carboxylic acids is 1. The van der Waals surface area contributed by atoms with Gasteiger partial charge >= 0.3 is 6.36 Å². The third-order valence-corrected chi connectivity index (χ3v) is 4.31. The summed E-state index contributed by atoms with van der Waals surface area (Å²) in [6.45, 7) is 0.870. The first-order valence-electron chi connectivity index (χ1n) is 8.57. The normalized spacial score (nSPS) is 17.1. The van der Waals surface area contributed by atoms with Crippen molar-refractivity contribution >= 4 is 23.4 Å². The van der Waals surface area contributed by atoms with Crippen LogP contribution in [-0.2, 0) is 4.79 Å². The van der Waals surface area contributed by atoms with E-state index in [1.165, 1.54) is 35.8 Å². The highest BCUT2D eigenvalue weighted by atomic mass is 19.4. The molecule has 1 atom stereocenters. The van der Waals surface area contributed by atoms with Gasteiger partial charge in [0.1, 0.15) is 5.75 Å². The second-order valence-corrected chi connectivity index (χ2v) is 6.14. The van der Waals surface area contributed by atoms with Crippen molar-refractivity contribution in [1.82, 2.24) is 5.48 Å². The molecule has 0 bridgehead atoms. The Morgan fingerprint density at radius 3 is 2.41 bits per heavy atom. The van der Waals surface area contributed by atoms with E-state index < -0.39 is 18.6 Å². The van der Waals surface area contributed by atoms with Crippen LogP contribution in [0.1, 0.15) is 5.56 Å². The van der Waals surface area contributed by atoms with E-state index in [2.05, 4.69) is 4.74 Å². The van der Waals surface area contributed by atoms with Gasteiger partial charge < -0.3 is 19.6 Å². The van der Waals surface area contributed by atoms with Crippen molar-refractivity contribution in [3.63, 3.8) is 0 Å². The van der Waals surface area contributed by atoms with Crippen molar-refractivity contribution in [1.29, 1.82) is 0 Å². The lowest BCUT2D eigenvalue weighted by Crippen LogP contribution is -2.39. The number of hydrogen-bond acceptors (Lipinski definition) is 6. The number of nitrogens with zero attached hydrogens (tertiary/aromatic N) is 2. The fourth-order valence-electron chi connectivity index (χ4n) is 3.05. The highest BCUT2D eigenvalue weighted by molar-refractivity contribution is 5.92. The minimum Gasteiger partial charge on any atom is -0.406 e. The lowest BCUT2D eigenvalue weighted by Gasteiger charge is -2.29. The molecule has 2 aromatic carbocycles. The van der Waals surface area contributed by atoms with E-state index in [1.54, 1.807) is 34.1 Å². The average molecular weight is 409 g/mol. The maximum atomic E-state index is 12.3. The van der Waals surface area contributed by atoms with Gasteiger partial charge in [0, 0.05) is 30.5 Å². The molecule has 1 unspecified atom stereocenters. The van der Waals surface area contributed by atoms with E-state index in [1.807, 2.05) is 0 Å². The monoisotopic (exact) mass is 409 g/mol. The Morgan fingerprint density at radius 2 is 1.76 bits per heavy atom. The number of benzene rings is 2. The smallest absolute Gasteiger partial charge is 0.406 e. The van der Waals surface area contributed by atoms with Crippen LogP contribution in [0.15, 0.2) is 54.6 Å². The van der Waals surface area contributed by atoms with Gasteiger partial charge in [0.05, 0.1) is 0 Å². The molecule has 3 rings (SSSR count). The Hall–Kier alpha value is -3.24. The highest BCUT2D eigenvalue weighted by Gasteiger charge is 2.33. The summed E-state index contributed by atoms with van der Waals surface area (Å²) in [6, 6.07) is 12.3. The molecular formula is C19H18F3N3O4. The second kappa shape index (κ2) is 8.41.